The van der Waals surface area contributed by atoms with Crippen molar-refractivity contribution < 1.29 is 24.9 Å². The lowest BCUT2D eigenvalue weighted by Crippen LogP contribution is -2.13. The van der Waals surface area contributed by atoms with Crippen LogP contribution in [0.2, 0.25) is 0 Å². The van der Waals surface area contributed by atoms with E-state index >= 15 is 0 Å². The van der Waals surface area contributed by atoms with E-state index in [9.17, 15) is 14.7 Å². The fourth-order valence-corrected chi connectivity index (χ4v) is 2.55. The number of nitrogens with one attached hydrogen (secondary N) is 1. The summed E-state index contributed by atoms with van der Waals surface area (Å²) in [6.45, 7) is 1.73. The molecule has 0 aliphatic rings. The van der Waals surface area contributed by atoms with Gasteiger partial charge in [-0.3, -0.25) is 4.79 Å². The maximum atomic E-state index is 12.0. The SMILES string of the molecule is Cc1cc(C(=O)O)c(NC(=O)c2ccc(O)cc2O)s1. The van der Waals surface area contributed by atoms with Crippen LogP contribution >= 0.6 is 11.3 Å². The van der Waals surface area contributed by atoms with Crippen LogP contribution in [-0.4, -0.2) is 27.2 Å². The molecular formula is C13H11NO5S. The summed E-state index contributed by atoms with van der Waals surface area (Å²) < 4.78 is 0. The van der Waals surface area contributed by atoms with Gasteiger partial charge in [-0.05, 0) is 25.1 Å². The number of hydrogen-bond acceptors (Lipinski definition) is 5. The molecule has 7 heteroatoms. The Morgan fingerprint density at radius 2 is 1.85 bits per heavy atom. The first-order valence-corrected chi connectivity index (χ1v) is 6.37. The summed E-state index contributed by atoms with van der Waals surface area (Å²) in [4.78, 5) is 23.8. The van der Waals surface area contributed by atoms with Crippen LogP contribution in [-0.2, 0) is 0 Å². The minimum Gasteiger partial charge on any atom is -0.508 e. The van der Waals surface area contributed by atoms with Gasteiger partial charge in [-0.25, -0.2) is 4.79 Å². The van der Waals surface area contributed by atoms with Crippen molar-refractivity contribution in [3.8, 4) is 11.5 Å². The van der Waals surface area contributed by atoms with Crippen LogP contribution in [0.15, 0.2) is 24.3 Å². The molecule has 0 atom stereocenters. The highest BCUT2D eigenvalue weighted by molar-refractivity contribution is 7.16. The number of phenolic OH excluding ortho intramolecular Hbond substituents is 2. The Morgan fingerprint density at radius 1 is 1.15 bits per heavy atom. The number of rotatable bonds is 3. The molecule has 0 saturated heterocycles. The van der Waals surface area contributed by atoms with Crippen LogP contribution in [0.3, 0.4) is 0 Å². The monoisotopic (exact) mass is 293 g/mol. The molecule has 1 aromatic carbocycles. The molecule has 1 heterocycles. The lowest BCUT2D eigenvalue weighted by molar-refractivity contribution is 0.0698. The number of aromatic hydroxyl groups is 2. The van der Waals surface area contributed by atoms with Crippen LogP contribution in [0.5, 0.6) is 11.5 Å². The molecule has 1 aromatic heterocycles. The average Bonchev–Trinajstić information content (AvgIpc) is 2.70. The third kappa shape index (κ3) is 2.72. The van der Waals surface area contributed by atoms with Crippen molar-refractivity contribution in [2.24, 2.45) is 0 Å². The number of benzene rings is 1. The second-order valence-corrected chi connectivity index (χ2v) is 5.32. The lowest BCUT2D eigenvalue weighted by atomic mass is 10.2. The summed E-state index contributed by atoms with van der Waals surface area (Å²) in [5, 5.41) is 30.4. The molecule has 0 unspecified atom stereocenters. The minimum atomic E-state index is -1.14. The van der Waals surface area contributed by atoms with Crippen LogP contribution in [0.4, 0.5) is 5.00 Å². The van der Waals surface area contributed by atoms with E-state index in [1.165, 1.54) is 18.2 Å². The highest BCUT2D eigenvalue weighted by Gasteiger charge is 2.18. The van der Waals surface area contributed by atoms with Gasteiger partial charge in [-0.2, -0.15) is 0 Å². The Hall–Kier alpha value is -2.54. The maximum absolute atomic E-state index is 12.0. The van der Waals surface area contributed by atoms with Crippen molar-refractivity contribution >= 4 is 28.2 Å². The number of phenols is 2. The normalized spacial score (nSPS) is 10.2. The van der Waals surface area contributed by atoms with E-state index in [0.717, 1.165) is 22.3 Å². The van der Waals surface area contributed by atoms with Crippen LogP contribution in [0.1, 0.15) is 25.6 Å². The number of aryl methyl sites for hydroxylation is 1. The van der Waals surface area contributed by atoms with E-state index in [2.05, 4.69) is 5.32 Å². The zero-order valence-electron chi connectivity index (χ0n) is 10.4. The predicted molar refractivity (Wildman–Crippen MR) is 73.7 cm³/mol. The zero-order chi connectivity index (χ0) is 14.9. The molecule has 0 fully saturated rings. The number of carboxylic acids is 1. The average molecular weight is 293 g/mol. The molecule has 104 valence electrons. The third-order valence-electron chi connectivity index (χ3n) is 2.54. The van der Waals surface area contributed by atoms with Crippen molar-refractivity contribution in [3.63, 3.8) is 0 Å². The van der Waals surface area contributed by atoms with Crippen LogP contribution in [0, 0.1) is 6.92 Å². The van der Waals surface area contributed by atoms with Gasteiger partial charge >= 0.3 is 5.97 Å². The molecule has 0 radical (unpaired) electrons. The number of thiophene rings is 1. The minimum absolute atomic E-state index is 0.000817. The number of aromatic carboxylic acids is 1. The van der Waals surface area contributed by atoms with E-state index < -0.39 is 11.9 Å². The predicted octanol–water partition coefficient (Wildman–Crippen LogP) is 2.42. The molecule has 6 nitrogen and oxygen atoms in total. The fourth-order valence-electron chi connectivity index (χ4n) is 1.65. The summed E-state index contributed by atoms with van der Waals surface area (Å²) in [7, 11) is 0. The topological polar surface area (TPSA) is 107 Å². The summed E-state index contributed by atoms with van der Waals surface area (Å²) >= 11 is 1.13. The summed E-state index contributed by atoms with van der Waals surface area (Å²) in [6.07, 6.45) is 0. The molecule has 2 aromatic rings. The van der Waals surface area contributed by atoms with E-state index in [1.54, 1.807) is 6.92 Å². The Labute approximate surface area is 117 Å². The highest BCUT2D eigenvalue weighted by Crippen LogP contribution is 2.29. The lowest BCUT2D eigenvalue weighted by Gasteiger charge is -2.06. The summed E-state index contributed by atoms with van der Waals surface area (Å²) in [5.41, 5.74) is -0.0516. The standard InChI is InChI=1S/C13H11NO5S/c1-6-4-9(13(18)19)12(20-6)14-11(17)8-3-2-7(15)5-10(8)16/h2-5,15-16H,1H3,(H,14,17)(H,18,19). The molecule has 4 N–H and O–H groups in total. The van der Waals surface area contributed by atoms with Gasteiger partial charge in [0.05, 0.1) is 11.1 Å². The number of amides is 1. The summed E-state index contributed by atoms with van der Waals surface area (Å²) in [6, 6.07) is 5.00. The number of carbonyl (C=O) groups is 2. The van der Waals surface area contributed by atoms with Gasteiger partial charge in [-0.15, -0.1) is 11.3 Å². The molecule has 1 amide bonds. The molecule has 20 heavy (non-hydrogen) atoms. The van der Waals surface area contributed by atoms with Gasteiger partial charge < -0.3 is 20.6 Å². The number of carbonyl (C=O) groups excluding carboxylic acids is 1. The van der Waals surface area contributed by atoms with Gasteiger partial charge in [0, 0.05) is 10.9 Å². The largest absolute Gasteiger partial charge is 0.508 e. The molecule has 0 spiro atoms. The number of carboxylic acid groups (broad SMARTS) is 1. The van der Waals surface area contributed by atoms with E-state index in [0.29, 0.717) is 0 Å². The van der Waals surface area contributed by atoms with Crippen molar-refractivity contribution in [1.29, 1.82) is 0 Å². The number of hydrogen-bond donors (Lipinski definition) is 4. The van der Waals surface area contributed by atoms with Gasteiger partial charge in [-0.1, -0.05) is 0 Å². The fraction of sp³-hybridized carbons (Fsp3) is 0.0769. The van der Waals surface area contributed by atoms with Gasteiger partial charge in [0.1, 0.15) is 16.5 Å². The van der Waals surface area contributed by atoms with Crippen LogP contribution < -0.4 is 5.32 Å². The summed E-state index contributed by atoms with van der Waals surface area (Å²) in [5.74, 6) is -2.34. The Kier molecular flexibility index (Phi) is 3.62. The highest BCUT2D eigenvalue weighted by atomic mass is 32.1. The second kappa shape index (κ2) is 5.22. The molecule has 2 rings (SSSR count). The molecule has 0 aliphatic heterocycles. The zero-order valence-corrected chi connectivity index (χ0v) is 11.2. The van der Waals surface area contributed by atoms with Crippen molar-refractivity contribution in [1.82, 2.24) is 0 Å². The number of anilines is 1. The second-order valence-electron chi connectivity index (χ2n) is 4.06. The Morgan fingerprint density at radius 3 is 2.45 bits per heavy atom. The van der Waals surface area contributed by atoms with Crippen molar-refractivity contribution in [2.45, 2.75) is 6.92 Å². The van der Waals surface area contributed by atoms with Crippen LogP contribution in [0.25, 0.3) is 0 Å². The van der Waals surface area contributed by atoms with Crippen molar-refractivity contribution in [2.75, 3.05) is 5.32 Å². The Bertz CT molecular complexity index is 692. The molecule has 0 saturated carbocycles. The quantitative estimate of drug-likeness (QED) is 0.695. The van der Waals surface area contributed by atoms with E-state index in [1.807, 2.05) is 0 Å². The van der Waals surface area contributed by atoms with Gasteiger partial charge in [0.2, 0.25) is 0 Å². The van der Waals surface area contributed by atoms with E-state index in [4.69, 9.17) is 10.2 Å². The molecule has 0 bridgehead atoms. The van der Waals surface area contributed by atoms with E-state index in [-0.39, 0.29) is 27.6 Å². The maximum Gasteiger partial charge on any atom is 0.338 e. The van der Waals surface area contributed by atoms with Gasteiger partial charge in [0.15, 0.2) is 0 Å². The smallest absolute Gasteiger partial charge is 0.338 e. The first kappa shape index (κ1) is 13.9. The first-order valence-electron chi connectivity index (χ1n) is 5.55. The van der Waals surface area contributed by atoms with Gasteiger partial charge in [0.25, 0.3) is 5.91 Å². The van der Waals surface area contributed by atoms with Crippen molar-refractivity contribution in [3.05, 3.63) is 40.3 Å². The molecule has 0 aliphatic carbocycles. The Balaban J connectivity index is 2.30. The third-order valence-corrected chi connectivity index (χ3v) is 3.50. The first-order chi connectivity index (χ1) is 9.38. The molecular weight excluding hydrogens is 282 g/mol.